The van der Waals surface area contributed by atoms with Crippen molar-refractivity contribution in [2.45, 2.75) is 46.4 Å². The number of benzene rings is 1. The summed E-state index contributed by atoms with van der Waals surface area (Å²) in [5.74, 6) is -0.559. The van der Waals surface area contributed by atoms with Crippen LogP contribution in [0.5, 0.6) is 0 Å². The Morgan fingerprint density at radius 1 is 1.16 bits per heavy atom. The molecule has 0 aliphatic rings. The van der Waals surface area contributed by atoms with E-state index < -0.39 is 29.3 Å². The Bertz CT molecular complexity index is 647. The number of aryl methyl sites for hydroxylation is 2. The standard InChI is InChI=1S/C16H20BrF3N2O3/c1-9-6-11(16(18,19)20)7-10(2)13(9)22(12(23)8-17)21-14(24)25-15(3,4)5/h6-7H,8H2,1-5H3,(H,21,24). The SMILES string of the molecule is Cc1cc(C(F)(F)F)cc(C)c1N(NC(=O)OC(C)(C)C)C(=O)CBr. The number of carbonyl (C=O) groups is 2. The number of nitrogens with one attached hydrogen (secondary N) is 1. The van der Waals surface area contributed by atoms with Gasteiger partial charge >= 0.3 is 12.3 Å². The predicted octanol–water partition coefficient (Wildman–Crippen LogP) is 4.49. The van der Waals surface area contributed by atoms with Crippen LogP contribution in [0.2, 0.25) is 0 Å². The van der Waals surface area contributed by atoms with Gasteiger partial charge in [-0.25, -0.2) is 15.2 Å². The molecule has 25 heavy (non-hydrogen) atoms. The fraction of sp³-hybridized carbons (Fsp3) is 0.500. The van der Waals surface area contributed by atoms with Crippen molar-refractivity contribution < 1.29 is 27.5 Å². The number of hydrogen-bond donors (Lipinski definition) is 1. The van der Waals surface area contributed by atoms with Gasteiger partial charge in [0.1, 0.15) is 5.60 Å². The van der Waals surface area contributed by atoms with E-state index in [-0.39, 0.29) is 22.1 Å². The summed E-state index contributed by atoms with van der Waals surface area (Å²) in [6.07, 6.45) is -5.39. The zero-order valence-corrected chi connectivity index (χ0v) is 16.1. The van der Waals surface area contributed by atoms with E-state index in [0.29, 0.717) is 0 Å². The molecule has 0 bridgehead atoms. The van der Waals surface area contributed by atoms with Crippen molar-refractivity contribution >= 4 is 33.6 Å². The third kappa shape index (κ3) is 5.91. The first-order chi connectivity index (χ1) is 11.3. The molecule has 0 fully saturated rings. The molecule has 0 radical (unpaired) electrons. The first-order valence-electron chi connectivity index (χ1n) is 7.33. The van der Waals surface area contributed by atoms with Gasteiger partial charge in [-0.2, -0.15) is 13.2 Å². The summed E-state index contributed by atoms with van der Waals surface area (Å²) in [6.45, 7) is 7.82. The molecule has 0 aliphatic carbocycles. The van der Waals surface area contributed by atoms with Crippen molar-refractivity contribution in [3.63, 3.8) is 0 Å². The second-order valence-electron chi connectivity index (χ2n) is 6.43. The largest absolute Gasteiger partial charge is 0.443 e. The minimum absolute atomic E-state index is 0.136. The molecule has 0 unspecified atom stereocenters. The molecule has 0 saturated carbocycles. The van der Waals surface area contributed by atoms with E-state index in [0.717, 1.165) is 17.1 Å². The molecule has 1 aromatic carbocycles. The van der Waals surface area contributed by atoms with Gasteiger partial charge in [-0.05, 0) is 57.9 Å². The lowest BCUT2D eigenvalue weighted by molar-refractivity contribution is -0.137. The fourth-order valence-electron chi connectivity index (χ4n) is 2.17. The van der Waals surface area contributed by atoms with Gasteiger partial charge < -0.3 is 4.74 Å². The maximum atomic E-state index is 12.9. The smallest absolute Gasteiger partial charge is 0.427 e. The van der Waals surface area contributed by atoms with Crippen LogP contribution in [0.1, 0.15) is 37.5 Å². The first-order valence-corrected chi connectivity index (χ1v) is 8.45. The summed E-state index contributed by atoms with van der Waals surface area (Å²) in [6, 6.07) is 1.85. The molecule has 0 saturated heterocycles. The number of alkyl halides is 4. The van der Waals surface area contributed by atoms with E-state index in [1.807, 2.05) is 0 Å². The number of carbonyl (C=O) groups excluding carboxylic acids is 2. The van der Waals surface area contributed by atoms with Crippen LogP contribution in [-0.4, -0.2) is 22.9 Å². The summed E-state index contributed by atoms with van der Waals surface area (Å²) < 4.78 is 43.9. The average molecular weight is 425 g/mol. The highest BCUT2D eigenvalue weighted by Gasteiger charge is 2.33. The monoisotopic (exact) mass is 424 g/mol. The Hall–Kier alpha value is -1.77. The minimum atomic E-state index is -4.50. The molecule has 0 aromatic heterocycles. The summed E-state index contributed by atoms with van der Waals surface area (Å²) in [7, 11) is 0. The van der Waals surface area contributed by atoms with Gasteiger partial charge in [0.2, 0.25) is 0 Å². The van der Waals surface area contributed by atoms with Crippen LogP contribution in [-0.2, 0) is 15.7 Å². The molecular weight excluding hydrogens is 405 g/mol. The van der Waals surface area contributed by atoms with Gasteiger partial charge in [0.15, 0.2) is 0 Å². The predicted molar refractivity (Wildman–Crippen MR) is 91.6 cm³/mol. The number of hydrogen-bond acceptors (Lipinski definition) is 3. The zero-order valence-electron chi connectivity index (χ0n) is 14.5. The second kappa shape index (κ2) is 7.63. The van der Waals surface area contributed by atoms with Crippen LogP contribution in [0, 0.1) is 13.8 Å². The van der Waals surface area contributed by atoms with Gasteiger partial charge in [0.25, 0.3) is 5.91 Å². The van der Waals surface area contributed by atoms with Crippen molar-refractivity contribution in [3.05, 3.63) is 28.8 Å². The molecule has 1 N–H and O–H groups in total. The van der Waals surface area contributed by atoms with Gasteiger partial charge in [0, 0.05) is 0 Å². The Labute approximate surface area is 152 Å². The highest BCUT2D eigenvalue weighted by molar-refractivity contribution is 9.09. The number of hydrazine groups is 1. The Morgan fingerprint density at radius 2 is 1.64 bits per heavy atom. The lowest BCUT2D eigenvalue weighted by atomic mass is 10.0. The third-order valence-electron chi connectivity index (χ3n) is 3.01. The van der Waals surface area contributed by atoms with Crippen LogP contribution in [0.4, 0.5) is 23.7 Å². The number of anilines is 1. The number of nitrogens with zero attached hydrogens (tertiary/aromatic N) is 1. The number of halogens is 4. The molecule has 0 atom stereocenters. The Balaban J connectivity index is 3.29. The summed E-state index contributed by atoms with van der Waals surface area (Å²) >= 11 is 3.00. The van der Waals surface area contributed by atoms with E-state index >= 15 is 0 Å². The summed E-state index contributed by atoms with van der Waals surface area (Å²) in [5.41, 5.74) is 1.23. The Morgan fingerprint density at radius 3 is 2.00 bits per heavy atom. The Kier molecular flexibility index (Phi) is 6.50. The van der Waals surface area contributed by atoms with Crippen LogP contribution in [0.3, 0.4) is 0 Å². The lowest BCUT2D eigenvalue weighted by Crippen LogP contribution is -2.49. The van der Waals surface area contributed by atoms with Gasteiger partial charge in [-0.15, -0.1) is 0 Å². The first kappa shape index (κ1) is 21.3. The molecule has 9 heteroatoms. The van der Waals surface area contributed by atoms with Crippen molar-refractivity contribution in [2.75, 3.05) is 10.3 Å². The molecule has 1 rings (SSSR count). The van der Waals surface area contributed by atoms with E-state index in [4.69, 9.17) is 4.74 Å². The summed E-state index contributed by atoms with van der Waals surface area (Å²) in [5, 5.41) is 0.760. The molecule has 140 valence electrons. The molecule has 0 spiro atoms. The van der Waals surface area contributed by atoms with Crippen molar-refractivity contribution in [1.29, 1.82) is 0 Å². The number of ether oxygens (including phenoxy) is 1. The quantitative estimate of drug-likeness (QED) is 0.561. The van der Waals surface area contributed by atoms with E-state index in [2.05, 4.69) is 21.4 Å². The lowest BCUT2D eigenvalue weighted by Gasteiger charge is -2.28. The van der Waals surface area contributed by atoms with E-state index in [9.17, 15) is 22.8 Å². The number of amides is 2. The van der Waals surface area contributed by atoms with Crippen molar-refractivity contribution in [3.8, 4) is 0 Å². The molecule has 1 aromatic rings. The van der Waals surface area contributed by atoms with Crippen molar-refractivity contribution in [1.82, 2.24) is 5.43 Å². The highest BCUT2D eigenvalue weighted by Crippen LogP contribution is 2.34. The van der Waals surface area contributed by atoms with E-state index in [1.54, 1.807) is 20.8 Å². The summed E-state index contributed by atoms with van der Waals surface area (Å²) in [4.78, 5) is 24.2. The van der Waals surface area contributed by atoms with E-state index in [1.165, 1.54) is 13.8 Å². The molecular formula is C16H20BrF3N2O3. The maximum Gasteiger partial charge on any atom is 0.427 e. The van der Waals surface area contributed by atoms with Crippen molar-refractivity contribution in [2.24, 2.45) is 0 Å². The molecule has 0 heterocycles. The van der Waals surface area contributed by atoms with Crippen LogP contribution < -0.4 is 10.4 Å². The van der Waals surface area contributed by atoms with Gasteiger partial charge in [0.05, 0.1) is 16.6 Å². The number of rotatable bonds is 2. The highest BCUT2D eigenvalue weighted by atomic mass is 79.9. The zero-order chi connectivity index (χ0) is 19.6. The van der Waals surface area contributed by atoms with Gasteiger partial charge in [-0.3, -0.25) is 4.79 Å². The third-order valence-corrected chi connectivity index (χ3v) is 3.49. The maximum absolute atomic E-state index is 12.9. The van der Waals surface area contributed by atoms with Gasteiger partial charge in [-0.1, -0.05) is 15.9 Å². The van der Waals surface area contributed by atoms with Crippen LogP contribution >= 0.6 is 15.9 Å². The second-order valence-corrected chi connectivity index (χ2v) is 6.99. The molecule has 5 nitrogen and oxygen atoms in total. The topological polar surface area (TPSA) is 58.6 Å². The molecule has 0 aliphatic heterocycles. The van der Waals surface area contributed by atoms with Crippen LogP contribution in [0.15, 0.2) is 12.1 Å². The normalized spacial score (nSPS) is 11.9. The average Bonchev–Trinajstić information content (AvgIpc) is 2.41. The van der Waals surface area contributed by atoms with Crippen LogP contribution in [0.25, 0.3) is 0 Å². The molecule has 2 amide bonds. The minimum Gasteiger partial charge on any atom is -0.443 e. The fourth-order valence-corrected chi connectivity index (χ4v) is 2.42.